The van der Waals surface area contributed by atoms with E-state index in [-0.39, 0.29) is 0 Å². The number of carbonyl (C=O) groups excluding carboxylic acids is 1. The van der Waals surface area contributed by atoms with Crippen molar-refractivity contribution in [2.75, 3.05) is 6.54 Å². The van der Waals surface area contributed by atoms with Crippen LogP contribution in [0.2, 0.25) is 0 Å². The van der Waals surface area contributed by atoms with Crippen molar-refractivity contribution in [3.05, 3.63) is 46.6 Å². The predicted molar refractivity (Wildman–Crippen MR) is 86.3 cm³/mol. The van der Waals surface area contributed by atoms with Gasteiger partial charge in [-0.3, -0.25) is 4.68 Å². The van der Waals surface area contributed by atoms with Crippen LogP contribution in [0.25, 0.3) is 0 Å². The molecule has 1 aromatic heterocycles. The Labute approximate surface area is 131 Å². The van der Waals surface area contributed by atoms with Gasteiger partial charge >= 0.3 is 6.09 Å². The Bertz CT molecular complexity index is 662. The smallest absolute Gasteiger partial charge is 0.390 e. The Balaban J connectivity index is 2.09. The quantitative estimate of drug-likeness (QED) is 0.921. The molecule has 0 bridgehead atoms. The summed E-state index contributed by atoms with van der Waals surface area (Å²) in [6.45, 7) is 9.37. The van der Waals surface area contributed by atoms with E-state index in [1.807, 2.05) is 18.5 Å². The summed E-state index contributed by atoms with van der Waals surface area (Å²) in [5, 5.41) is 7.02. The maximum Gasteiger partial charge on any atom is 0.413 e. The Hall–Kier alpha value is -2.30. The molecule has 2 rings (SSSR count). The van der Waals surface area contributed by atoms with Crippen molar-refractivity contribution < 1.29 is 9.53 Å². The summed E-state index contributed by atoms with van der Waals surface area (Å²) in [5.41, 5.74) is 4.62. The van der Waals surface area contributed by atoms with E-state index in [2.05, 4.69) is 42.5 Å². The molecule has 2 aromatic rings. The Morgan fingerprint density at radius 3 is 2.77 bits per heavy atom. The topological polar surface area (TPSA) is 56.1 Å². The standard InChI is InChI=1S/C17H23N3O2/c1-5-8-18-17(21)22-16-10-14(4)20(19-16)11-15-9-12(2)6-7-13(15)3/h6-7,9-10H,5,8,11H2,1-4H3,(H,18,21). The van der Waals surface area contributed by atoms with Crippen LogP contribution >= 0.6 is 0 Å². The van der Waals surface area contributed by atoms with E-state index in [0.717, 1.165) is 12.1 Å². The largest absolute Gasteiger partial charge is 0.413 e. The SMILES string of the molecule is CCCNC(=O)Oc1cc(C)n(Cc2cc(C)ccc2C)n1. The van der Waals surface area contributed by atoms with Gasteiger partial charge in [-0.25, -0.2) is 4.79 Å². The van der Waals surface area contributed by atoms with E-state index >= 15 is 0 Å². The summed E-state index contributed by atoms with van der Waals surface area (Å²) in [6, 6.07) is 8.14. The summed E-state index contributed by atoms with van der Waals surface area (Å²) in [6.07, 6.45) is 0.410. The molecular weight excluding hydrogens is 278 g/mol. The highest BCUT2D eigenvalue weighted by molar-refractivity contribution is 5.69. The first-order chi connectivity index (χ1) is 10.5. The van der Waals surface area contributed by atoms with Crippen molar-refractivity contribution >= 4 is 6.09 Å². The van der Waals surface area contributed by atoms with Crippen molar-refractivity contribution in [1.82, 2.24) is 15.1 Å². The number of amides is 1. The van der Waals surface area contributed by atoms with Gasteiger partial charge in [-0.1, -0.05) is 30.7 Å². The van der Waals surface area contributed by atoms with Crippen molar-refractivity contribution in [3.63, 3.8) is 0 Å². The maximum atomic E-state index is 11.6. The first-order valence-electron chi connectivity index (χ1n) is 7.56. The Morgan fingerprint density at radius 2 is 2.05 bits per heavy atom. The summed E-state index contributed by atoms with van der Waals surface area (Å²) < 4.78 is 7.04. The lowest BCUT2D eigenvalue weighted by Crippen LogP contribution is -2.27. The van der Waals surface area contributed by atoms with Gasteiger partial charge in [-0.2, -0.15) is 0 Å². The second-order valence-electron chi connectivity index (χ2n) is 5.53. The van der Waals surface area contributed by atoms with Crippen LogP contribution in [0.15, 0.2) is 24.3 Å². The second kappa shape index (κ2) is 7.11. The highest BCUT2D eigenvalue weighted by Crippen LogP contribution is 2.16. The zero-order chi connectivity index (χ0) is 16.1. The first kappa shape index (κ1) is 16.1. The molecule has 118 valence electrons. The van der Waals surface area contributed by atoms with Crippen molar-refractivity contribution in [2.45, 2.75) is 40.7 Å². The zero-order valence-corrected chi connectivity index (χ0v) is 13.6. The maximum absolute atomic E-state index is 11.6. The lowest BCUT2D eigenvalue weighted by molar-refractivity contribution is 0.198. The molecular formula is C17H23N3O2. The lowest BCUT2D eigenvalue weighted by Gasteiger charge is -2.08. The fourth-order valence-corrected chi connectivity index (χ4v) is 2.18. The highest BCUT2D eigenvalue weighted by Gasteiger charge is 2.10. The molecule has 5 nitrogen and oxygen atoms in total. The van der Waals surface area contributed by atoms with Gasteiger partial charge in [0.1, 0.15) is 0 Å². The van der Waals surface area contributed by atoms with Gasteiger partial charge in [-0.15, -0.1) is 5.10 Å². The van der Waals surface area contributed by atoms with E-state index in [4.69, 9.17) is 4.74 Å². The molecule has 1 amide bonds. The van der Waals surface area contributed by atoms with Gasteiger partial charge < -0.3 is 10.1 Å². The van der Waals surface area contributed by atoms with Crippen molar-refractivity contribution in [1.29, 1.82) is 0 Å². The minimum Gasteiger partial charge on any atom is -0.390 e. The molecule has 1 aromatic carbocycles. The summed E-state index contributed by atoms with van der Waals surface area (Å²) >= 11 is 0. The van der Waals surface area contributed by atoms with Gasteiger partial charge in [0.05, 0.1) is 6.54 Å². The minimum atomic E-state index is -0.460. The molecule has 1 heterocycles. The number of hydrogen-bond acceptors (Lipinski definition) is 3. The molecule has 0 spiro atoms. The number of nitrogens with zero attached hydrogens (tertiary/aromatic N) is 2. The summed E-state index contributed by atoms with van der Waals surface area (Å²) in [5.74, 6) is 0.330. The summed E-state index contributed by atoms with van der Waals surface area (Å²) in [7, 11) is 0. The molecule has 5 heteroatoms. The van der Waals surface area contributed by atoms with E-state index in [9.17, 15) is 4.79 Å². The lowest BCUT2D eigenvalue weighted by atomic mass is 10.1. The number of aromatic nitrogens is 2. The van der Waals surface area contributed by atoms with Gasteiger partial charge in [0.15, 0.2) is 0 Å². The number of carbonyl (C=O) groups is 1. The predicted octanol–water partition coefficient (Wildman–Crippen LogP) is 3.36. The summed E-state index contributed by atoms with van der Waals surface area (Å²) in [4.78, 5) is 11.6. The van der Waals surface area contributed by atoms with Crippen molar-refractivity contribution in [3.8, 4) is 5.88 Å². The van der Waals surface area contributed by atoms with Gasteiger partial charge in [0.25, 0.3) is 0 Å². The zero-order valence-electron chi connectivity index (χ0n) is 13.6. The average molecular weight is 301 g/mol. The van der Waals surface area contributed by atoms with Crippen LogP contribution in [-0.4, -0.2) is 22.4 Å². The Kier molecular flexibility index (Phi) is 5.20. The van der Waals surface area contributed by atoms with E-state index < -0.39 is 6.09 Å². The molecule has 0 unspecified atom stereocenters. The van der Waals surface area contributed by atoms with Crippen molar-refractivity contribution in [2.24, 2.45) is 0 Å². The second-order valence-corrected chi connectivity index (χ2v) is 5.53. The number of rotatable bonds is 5. The normalized spacial score (nSPS) is 10.5. The number of nitrogens with one attached hydrogen (secondary N) is 1. The molecule has 0 saturated carbocycles. The van der Waals surface area contributed by atoms with E-state index in [0.29, 0.717) is 19.0 Å². The first-order valence-corrected chi connectivity index (χ1v) is 7.56. The molecule has 22 heavy (non-hydrogen) atoms. The fourth-order valence-electron chi connectivity index (χ4n) is 2.18. The van der Waals surface area contributed by atoms with Gasteiger partial charge in [0, 0.05) is 18.3 Å². The van der Waals surface area contributed by atoms with Crippen LogP contribution in [0.5, 0.6) is 5.88 Å². The molecule has 0 aliphatic carbocycles. The van der Waals surface area contributed by atoms with Crippen LogP contribution in [0.3, 0.4) is 0 Å². The van der Waals surface area contributed by atoms with E-state index in [1.54, 1.807) is 6.07 Å². The molecule has 0 fully saturated rings. The molecule has 0 aliphatic heterocycles. The van der Waals surface area contributed by atoms with Crippen LogP contribution in [0, 0.1) is 20.8 Å². The third kappa shape index (κ3) is 4.10. The molecule has 0 saturated heterocycles. The molecule has 0 radical (unpaired) electrons. The molecule has 1 N–H and O–H groups in total. The molecule has 0 aliphatic rings. The number of hydrogen-bond donors (Lipinski definition) is 1. The third-order valence-electron chi connectivity index (χ3n) is 3.50. The number of benzene rings is 1. The Morgan fingerprint density at radius 1 is 1.27 bits per heavy atom. The number of aryl methyl sites for hydroxylation is 3. The van der Waals surface area contributed by atoms with Crippen LogP contribution in [-0.2, 0) is 6.54 Å². The van der Waals surface area contributed by atoms with Gasteiger partial charge in [-0.05, 0) is 38.3 Å². The highest BCUT2D eigenvalue weighted by atomic mass is 16.6. The average Bonchev–Trinajstić information content (AvgIpc) is 2.80. The minimum absolute atomic E-state index is 0.330. The van der Waals surface area contributed by atoms with E-state index in [1.165, 1.54) is 16.7 Å². The molecule has 0 atom stereocenters. The van der Waals surface area contributed by atoms with Crippen LogP contribution in [0.1, 0.15) is 35.7 Å². The van der Waals surface area contributed by atoms with Gasteiger partial charge in [0.2, 0.25) is 5.88 Å². The van der Waals surface area contributed by atoms with Crippen LogP contribution < -0.4 is 10.1 Å². The fraction of sp³-hybridized carbons (Fsp3) is 0.412. The monoisotopic (exact) mass is 301 g/mol. The van der Waals surface area contributed by atoms with Crippen LogP contribution in [0.4, 0.5) is 4.79 Å². The third-order valence-corrected chi connectivity index (χ3v) is 3.50. The number of ether oxygens (including phenoxy) is 1.